The van der Waals surface area contributed by atoms with Crippen molar-refractivity contribution in [3.05, 3.63) is 86.0 Å². The number of aromatic amines is 1. The summed E-state index contributed by atoms with van der Waals surface area (Å²) in [6, 6.07) is 17.5. The van der Waals surface area contributed by atoms with E-state index in [9.17, 15) is 9.59 Å². The number of hydrogen-bond acceptors (Lipinski definition) is 6. The van der Waals surface area contributed by atoms with E-state index in [0.29, 0.717) is 11.6 Å². The number of nitrogens with zero attached hydrogens (tertiary/aromatic N) is 3. The van der Waals surface area contributed by atoms with E-state index < -0.39 is 11.2 Å². The molecular weight excluding hydrogens is 374 g/mol. The number of aromatic nitrogens is 3. The molecule has 4 rings (SSSR count). The first-order chi connectivity index (χ1) is 13.6. The number of para-hydroxylation sites is 1. The van der Waals surface area contributed by atoms with Gasteiger partial charge in [-0.3, -0.25) is 14.3 Å². The lowest BCUT2D eigenvalue weighted by Gasteiger charge is -2.09. The number of anilines is 1. The molecule has 2 N–H and O–H groups in total. The average molecular weight is 391 g/mol. The molecule has 0 unspecified atom stereocenters. The zero-order valence-corrected chi connectivity index (χ0v) is 15.9. The number of fused-ring (bicyclic) bond motifs is 1. The van der Waals surface area contributed by atoms with Crippen molar-refractivity contribution >= 4 is 39.3 Å². The van der Waals surface area contributed by atoms with Crippen LogP contribution in [0.15, 0.2) is 69.2 Å². The summed E-state index contributed by atoms with van der Waals surface area (Å²) in [4.78, 5) is 36.1. The molecule has 0 saturated heterocycles. The Morgan fingerprint density at radius 1 is 1.14 bits per heavy atom. The molecule has 0 spiro atoms. The van der Waals surface area contributed by atoms with Gasteiger partial charge >= 0.3 is 5.69 Å². The summed E-state index contributed by atoms with van der Waals surface area (Å²) < 4.78 is 2.04. The zero-order valence-electron chi connectivity index (χ0n) is 15.0. The first-order valence-corrected chi connectivity index (χ1v) is 9.44. The minimum Gasteiger partial charge on any atom is -0.365 e. The fraction of sp³-hybridized carbons (Fsp3) is 0.100. The van der Waals surface area contributed by atoms with Crippen LogP contribution in [0, 0.1) is 0 Å². The highest BCUT2D eigenvalue weighted by Gasteiger charge is 2.11. The lowest BCUT2D eigenvalue weighted by atomic mass is 10.2. The zero-order chi connectivity index (χ0) is 19.5. The quantitative estimate of drug-likeness (QED) is 0.512. The van der Waals surface area contributed by atoms with Gasteiger partial charge in [0.15, 0.2) is 5.69 Å². The van der Waals surface area contributed by atoms with Crippen LogP contribution in [0.3, 0.4) is 0 Å². The van der Waals surface area contributed by atoms with Crippen LogP contribution >= 0.6 is 11.3 Å². The molecule has 0 aliphatic rings. The number of benzene rings is 2. The van der Waals surface area contributed by atoms with Crippen LogP contribution in [-0.4, -0.2) is 20.7 Å². The Kier molecular flexibility index (Phi) is 4.86. The van der Waals surface area contributed by atoms with Gasteiger partial charge in [0.2, 0.25) is 0 Å². The van der Waals surface area contributed by atoms with E-state index in [-0.39, 0.29) is 11.5 Å². The minimum absolute atomic E-state index is 0.136. The van der Waals surface area contributed by atoms with Crippen LogP contribution in [0.4, 0.5) is 11.5 Å². The van der Waals surface area contributed by atoms with Gasteiger partial charge in [0.05, 0.1) is 16.4 Å². The molecule has 7 nitrogen and oxygen atoms in total. The summed E-state index contributed by atoms with van der Waals surface area (Å²) in [7, 11) is 1.42. The van der Waals surface area contributed by atoms with Crippen molar-refractivity contribution in [1.82, 2.24) is 14.5 Å². The Morgan fingerprint density at radius 2 is 1.89 bits per heavy atom. The maximum atomic E-state index is 12.6. The van der Waals surface area contributed by atoms with Gasteiger partial charge < -0.3 is 5.32 Å². The third kappa shape index (κ3) is 3.63. The van der Waals surface area contributed by atoms with E-state index in [4.69, 9.17) is 0 Å². The summed E-state index contributed by atoms with van der Waals surface area (Å²) in [6.07, 6.45) is 1.55. The highest BCUT2D eigenvalue weighted by atomic mass is 32.1. The lowest BCUT2D eigenvalue weighted by molar-refractivity contribution is 0.777. The second-order valence-electron chi connectivity index (χ2n) is 6.14. The summed E-state index contributed by atoms with van der Waals surface area (Å²) in [5, 5.41) is 3.79. The molecule has 0 fully saturated rings. The average Bonchev–Trinajstić information content (AvgIpc) is 3.13. The van der Waals surface area contributed by atoms with Gasteiger partial charge in [-0.25, -0.2) is 14.8 Å². The smallest absolute Gasteiger partial charge is 0.329 e. The fourth-order valence-corrected chi connectivity index (χ4v) is 3.55. The molecule has 140 valence electrons. The fourth-order valence-electron chi connectivity index (χ4n) is 2.71. The Labute approximate surface area is 164 Å². The van der Waals surface area contributed by atoms with Gasteiger partial charge in [-0.1, -0.05) is 42.5 Å². The van der Waals surface area contributed by atoms with Crippen molar-refractivity contribution in [1.29, 1.82) is 0 Å². The van der Waals surface area contributed by atoms with Gasteiger partial charge in [0.25, 0.3) is 5.56 Å². The monoisotopic (exact) mass is 391 g/mol. The van der Waals surface area contributed by atoms with Crippen molar-refractivity contribution in [3.8, 4) is 0 Å². The maximum absolute atomic E-state index is 12.6. The van der Waals surface area contributed by atoms with E-state index in [0.717, 1.165) is 20.3 Å². The van der Waals surface area contributed by atoms with Crippen LogP contribution in [0.25, 0.3) is 10.2 Å². The Morgan fingerprint density at radius 3 is 2.68 bits per heavy atom. The predicted molar refractivity (Wildman–Crippen MR) is 113 cm³/mol. The summed E-state index contributed by atoms with van der Waals surface area (Å²) in [5.41, 5.74) is 1.06. The Hall–Kier alpha value is -3.52. The molecule has 0 aliphatic carbocycles. The van der Waals surface area contributed by atoms with Crippen molar-refractivity contribution in [2.24, 2.45) is 12.0 Å². The largest absolute Gasteiger partial charge is 0.365 e. The van der Waals surface area contributed by atoms with Crippen molar-refractivity contribution < 1.29 is 0 Å². The third-order valence-corrected chi connectivity index (χ3v) is 5.18. The number of hydrogen-bond donors (Lipinski definition) is 2. The third-order valence-electron chi connectivity index (χ3n) is 4.21. The summed E-state index contributed by atoms with van der Waals surface area (Å²) >= 11 is 1.48. The first-order valence-electron chi connectivity index (χ1n) is 8.62. The molecule has 2 heterocycles. The molecule has 2 aromatic carbocycles. The molecule has 0 saturated carbocycles. The normalized spacial score (nSPS) is 11.3. The second-order valence-corrected chi connectivity index (χ2v) is 7.20. The summed E-state index contributed by atoms with van der Waals surface area (Å²) in [6.45, 7) is 0.452. The van der Waals surface area contributed by atoms with Gasteiger partial charge in [-0.05, 0) is 17.7 Å². The summed E-state index contributed by atoms with van der Waals surface area (Å²) in [5.74, 6) is 0.286. The standard InChI is InChI=1S/C20H17N5O2S/c1-25-19(26)17(21-12-16-23-14-9-5-6-10-15(14)28-16)18(24-20(25)27)22-11-13-7-3-2-4-8-13/h2-10,12,22H,11H2,1H3,(H,24,27). The molecule has 0 atom stereocenters. The van der Waals surface area contributed by atoms with E-state index >= 15 is 0 Å². The highest BCUT2D eigenvalue weighted by Crippen LogP contribution is 2.22. The molecule has 2 aromatic heterocycles. The Bertz CT molecular complexity index is 1240. The molecular formula is C20H17N5O2S. The van der Waals surface area contributed by atoms with E-state index in [1.165, 1.54) is 18.4 Å². The van der Waals surface area contributed by atoms with Crippen LogP contribution in [0.5, 0.6) is 0 Å². The number of H-pyrrole nitrogens is 1. The van der Waals surface area contributed by atoms with Crippen LogP contribution in [0.2, 0.25) is 0 Å². The van der Waals surface area contributed by atoms with Crippen molar-refractivity contribution in [2.75, 3.05) is 5.32 Å². The van der Waals surface area contributed by atoms with Crippen molar-refractivity contribution in [2.45, 2.75) is 6.54 Å². The molecule has 8 heteroatoms. The number of nitrogens with one attached hydrogen (secondary N) is 2. The minimum atomic E-state index is -0.500. The molecule has 28 heavy (non-hydrogen) atoms. The van der Waals surface area contributed by atoms with Crippen LogP contribution < -0.4 is 16.6 Å². The van der Waals surface area contributed by atoms with E-state index in [1.807, 2.05) is 54.6 Å². The highest BCUT2D eigenvalue weighted by molar-refractivity contribution is 7.20. The van der Waals surface area contributed by atoms with Gasteiger partial charge in [-0.15, -0.1) is 11.3 Å². The Balaban J connectivity index is 1.69. The van der Waals surface area contributed by atoms with Gasteiger partial charge in [0, 0.05) is 13.6 Å². The predicted octanol–water partition coefficient (Wildman–Crippen LogP) is 3.05. The molecule has 0 amide bonds. The van der Waals surface area contributed by atoms with Gasteiger partial charge in [-0.2, -0.15) is 0 Å². The number of thiazole rings is 1. The number of aliphatic imine (C=N–C) groups is 1. The molecule has 4 aromatic rings. The SMILES string of the molecule is Cn1c(=O)[nH]c(NCc2ccccc2)c(N=Cc2nc3ccccc3s2)c1=O. The molecule has 0 radical (unpaired) electrons. The van der Waals surface area contributed by atoms with Crippen molar-refractivity contribution in [3.63, 3.8) is 0 Å². The molecule has 0 bridgehead atoms. The lowest BCUT2D eigenvalue weighted by Crippen LogP contribution is -2.33. The van der Waals surface area contributed by atoms with E-state index in [2.05, 4.69) is 20.3 Å². The topological polar surface area (TPSA) is 92.1 Å². The van der Waals surface area contributed by atoms with Crippen LogP contribution in [-0.2, 0) is 13.6 Å². The first kappa shape index (κ1) is 17.9. The second kappa shape index (κ2) is 7.61. The van der Waals surface area contributed by atoms with Gasteiger partial charge in [0.1, 0.15) is 10.8 Å². The van der Waals surface area contributed by atoms with Crippen LogP contribution in [0.1, 0.15) is 10.6 Å². The van der Waals surface area contributed by atoms with E-state index in [1.54, 1.807) is 6.21 Å². The molecule has 0 aliphatic heterocycles. The number of rotatable bonds is 5. The maximum Gasteiger partial charge on any atom is 0.329 e.